The summed E-state index contributed by atoms with van der Waals surface area (Å²) in [6.07, 6.45) is 10.1. The molecule has 0 aromatic carbocycles. The Hall–Kier alpha value is -3.48. The van der Waals surface area contributed by atoms with Gasteiger partial charge in [0.15, 0.2) is 11.6 Å². The average Bonchev–Trinajstić information content (AvgIpc) is 3.18. The molecule has 6 nitrogen and oxygen atoms in total. The van der Waals surface area contributed by atoms with E-state index in [-0.39, 0.29) is 5.69 Å². The quantitative estimate of drug-likeness (QED) is 0.511. The molecule has 0 aliphatic carbocycles. The summed E-state index contributed by atoms with van der Waals surface area (Å²) in [7, 11) is 0. The van der Waals surface area contributed by atoms with Crippen molar-refractivity contribution in [3.05, 3.63) is 78.5 Å². The molecule has 0 aliphatic heterocycles. The third-order valence-electron chi connectivity index (χ3n) is 4.45. The molecule has 0 amide bonds. The van der Waals surface area contributed by atoms with Gasteiger partial charge in [0, 0.05) is 30.4 Å². The Labute approximate surface area is 162 Å². The van der Waals surface area contributed by atoms with Crippen LogP contribution in [-0.4, -0.2) is 29.5 Å². The van der Waals surface area contributed by atoms with Crippen molar-refractivity contribution in [2.24, 2.45) is 0 Å². The first-order valence-corrected chi connectivity index (χ1v) is 9.14. The van der Waals surface area contributed by atoms with Crippen LogP contribution >= 0.6 is 0 Å². The van der Waals surface area contributed by atoms with Crippen molar-refractivity contribution in [3.8, 4) is 22.9 Å². The molecule has 0 saturated carbocycles. The second kappa shape index (κ2) is 8.04. The lowest BCUT2D eigenvalue weighted by atomic mass is 10.0. The van der Waals surface area contributed by atoms with Gasteiger partial charge >= 0.3 is 0 Å². The fraction of sp³-hybridized carbons (Fsp3) is 0.190. The Bertz CT molecular complexity index is 1080. The minimum absolute atomic E-state index is 0.226. The van der Waals surface area contributed by atoms with Gasteiger partial charge in [-0.2, -0.15) is 0 Å². The highest BCUT2D eigenvalue weighted by Crippen LogP contribution is 2.25. The zero-order valence-electron chi connectivity index (χ0n) is 15.5. The molecule has 4 aromatic rings. The van der Waals surface area contributed by atoms with E-state index in [0.717, 1.165) is 35.5 Å². The van der Waals surface area contributed by atoms with E-state index < -0.39 is 5.82 Å². The van der Waals surface area contributed by atoms with Crippen LogP contribution in [0.1, 0.15) is 24.6 Å². The maximum absolute atomic E-state index is 14.2. The maximum atomic E-state index is 14.2. The van der Waals surface area contributed by atoms with E-state index in [9.17, 15) is 4.39 Å². The van der Waals surface area contributed by atoms with E-state index in [1.165, 1.54) is 6.07 Å². The van der Waals surface area contributed by atoms with Gasteiger partial charge in [0.2, 0.25) is 0 Å². The molecule has 4 rings (SSSR count). The SMILES string of the molecule is CCCc1c(Cn2ccnc2-c2ncccc2F)ncnc1-c1ccccn1. The fourth-order valence-corrected chi connectivity index (χ4v) is 3.19. The largest absolute Gasteiger partial charge is 0.324 e. The van der Waals surface area contributed by atoms with Gasteiger partial charge in [0.1, 0.15) is 12.0 Å². The van der Waals surface area contributed by atoms with Crippen LogP contribution in [0.3, 0.4) is 0 Å². The normalized spacial score (nSPS) is 10.9. The number of nitrogens with zero attached hydrogens (tertiary/aromatic N) is 6. The molecular weight excluding hydrogens is 355 g/mol. The fourth-order valence-electron chi connectivity index (χ4n) is 3.19. The molecule has 0 bridgehead atoms. The predicted octanol–water partition coefficient (Wildman–Crippen LogP) is 3.94. The summed E-state index contributed by atoms with van der Waals surface area (Å²) < 4.78 is 16.1. The van der Waals surface area contributed by atoms with Crippen molar-refractivity contribution in [1.82, 2.24) is 29.5 Å². The zero-order chi connectivity index (χ0) is 19.3. The molecule has 0 atom stereocenters. The van der Waals surface area contributed by atoms with Crippen LogP contribution in [-0.2, 0) is 13.0 Å². The van der Waals surface area contributed by atoms with Crippen LogP contribution in [0.2, 0.25) is 0 Å². The van der Waals surface area contributed by atoms with E-state index in [0.29, 0.717) is 12.4 Å². The second-order valence-corrected chi connectivity index (χ2v) is 6.33. The van der Waals surface area contributed by atoms with Crippen LogP contribution in [0.5, 0.6) is 0 Å². The monoisotopic (exact) mass is 374 g/mol. The molecule has 4 heterocycles. The minimum atomic E-state index is -0.402. The number of rotatable bonds is 6. The number of hydrogen-bond donors (Lipinski definition) is 0. The highest BCUT2D eigenvalue weighted by Gasteiger charge is 2.17. The molecule has 0 saturated heterocycles. The molecule has 7 heteroatoms. The van der Waals surface area contributed by atoms with Crippen molar-refractivity contribution < 1.29 is 4.39 Å². The highest BCUT2D eigenvalue weighted by molar-refractivity contribution is 5.59. The first kappa shape index (κ1) is 17.9. The van der Waals surface area contributed by atoms with Crippen LogP contribution in [0.4, 0.5) is 4.39 Å². The molecule has 28 heavy (non-hydrogen) atoms. The Kier molecular flexibility index (Phi) is 5.14. The summed E-state index contributed by atoms with van der Waals surface area (Å²) in [6.45, 7) is 2.56. The van der Waals surface area contributed by atoms with E-state index in [1.807, 2.05) is 29.0 Å². The van der Waals surface area contributed by atoms with E-state index in [4.69, 9.17) is 0 Å². The maximum Gasteiger partial charge on any atom is 0.162 e. The lowest BCUT2D eigenvalue weighted by molar-refractivity contribution is 0.621. The Morgan fingerprint density at radius 3 is 2.57 bits per heavy atom. The minimum Gasteiger partial charge on any atom is -0.324 e. The van der Waals surface area contributed by atoms with Crippen molar-refractivity contribution in [2.75, 3.05) is 0 Å². The summed E-state index contributed by atoms with van der Waals surface area (Å²) in [5.41, 5.74) is 3.79. The summed E-state index contributed by atoms with van der Waals surface area (Å²) in [5, 5.41) is 0. The number of halogens is 1. The molecule has 0 spiro atoms. The van der Waals surface area contributed by atoms with Gasteiger partial charge in [0.05, 0.1) is 23.6 Å². The summed E-state index contributed by atoms with van der Waals surface area (Å²) in [5.74, 6) is 0.0686. The van der Waals surface area contributed by atoms with Crippen molar-refractivity contribution in [2.45, 2.75) is 26.3 Å². The van der Waals surface area contributed by atoms with Gasteiger partial charge in [-0.15, -0.1) is 0 Å². The van der Waals surface area contributed by atoms with Crippen LogP contribution in [0.25, 0.3) is 22.9 Å². The number of pyridine rings is 2. The van der Waals surface area contributed by atoms with Gasteiger partial charge in [-0.25, -0.2) is 24.3 Å². The third-order valence-corrected chi connectivity index (χ3v) is 4.45. The second-order valence-electron chi connectivity index (χ2n) is 6.33. The predicted molar refractivity (Wildman–Crippen MR) is 104 cm³/mol. The average molecular weight is 374 g/mol. The van der Waals surface area contributed by atoms with E-state index in [1.54, 1.807) is 31.0 Å². The van der Waals surface area contributed by atoms with Crippen molar-refractivity contribution >= 4 is 0 Å². The van der Waals surface area contributed by atoms with Crippen LogP contribution in [0, 0.1) is 5.82 Å². The van der Waals surface area contributed by atoms with E-state index >= 15 is 0 Å². The van der Waals surface area contributed by atoms with Gasteiger partial charge in [-0.1, -0.05) is 19.4 Å². The lowest BCUT2D eigenvalue weighted by Crippen LogP contribution is -2.10. The Balaban J connectivity index is 1.76. The smallest absolute Gasteiger partial charge is 0.162 e. The highest BCUT2D eigenvalue weighted by atomic mass is 19.1. The molecule has 0 unspecified atom stereocenters. The van der Waals surface area contributed by atoms with Gasteiger partial charge in [0.25, 0.3) is 0 Å². The molecule has 4 aromatic heterocycles. The first-order valence-electron chi connectivity index (χ1n) is 9.14. The zero-order valence-corrected chi connectivity index (χ0v) is 15.5. The van der Waals surface area contributed by atoms with Crippen molar-refractivity contribution in [3.63, 3.8) is 0 Å². The summed E-state index contributed by atoms with van der Waals surface area (Å²) >= 11 is 0. The summed E-state index contributed by atoms with van der Waals surface area (Å²) in [6, 6.07) is 8.71. The number of imidazole rings is 1. The molecule has 0 fully saturated rings. The molecule has 0 aliphatic rings. The molecular formula is C21H19FN6. The van der Waals surface area contributed by atoms with Gasteiger partial charge in [-0.05, 0) is 30.7 Å². The Morgan fingerprint density at radius 2 is 1.79 bits per heavy atom. The first-order chi connectivity index (χ1) is 13.8. The number of aromatic nitrogens is 6. The van der Waals surface area contributed by atoms with Gasteiger partial charge < -0.3 is 4.57 Å². The van der Waals surface area contributed by atoms with Gasteiger partial charge in [-0.3, -0.25) is 4.98 Å². The topological polar surface area (TPSA) is 69.4 Å². The van der Waals surface area contributed by atoms with Crippen molar-refractivity contribution in [1.29, 1.82) is 0 Å². The molecule has 140 valence electrons. The van der Waals surface area contributed by atoms with Crippen LogP contribution < -0.4 is 0 Å². The lowest BCUT2D eigenvalue weighted by Gasteiger charge is -2.14. The van der Waals surface area contributed by atoms with Crippen LogP contribution in [0.15, 0.2) is 61.4 Å². The molecule has 0 radical (unpaired) electrons. The third kappa shape index (κ3) is 3.51. The number of hydrogen-bond acceptors (Lipinski definition) is 5. The summed E-state index contributed by atoms with van der Waals surface area (Å²) in [4.78, 5) is 21.9. The van der Waals surface area contributed by atoms with E-state index in [2.05, 4.69) is 31.8 Å². The standard InChI is InChI=1S/C21H19FN6/c1-2-6-15-18(26-14-27-19(15)17-8-3-4-9-23-17)13-28-12-11-25-21(28)20-16(22)7-5-10-24-20/h3-5,7-12,14H,2,6,13H2,1H3. The molecule has 0 N–H and O–H groups in total. The Morgan fingerprint density at radius 1 is 0.893 bits per heavy atom.